The van der Waals surface area contributed by atoms with Crippen LogP contribution in [0.1, 0.15) is 6.92 Å². The Morgan fingerprint density at radius 2 is 1.62 bits per heavy atom. The highest BCUT2D eigenvalue weighted by Gasteiger charge is 1.92. The second-order valence-corrected chi connectivity index (χ2v) is 2.72. The molecule has 3 heteroatoms. The molecule has 3 nitrogen and oxygen atoms in total. The van der Waals surface area contributed by atoms with Crippen LogP contribution < -0.4 is 0 Å². The molecule has 0 radical (unpaired) electrons. The minimum absolute atomic E-state index is 0.304. The molecule has 0 aliphatic rings. The van der Waals surface area contributed by atoms with Gasteiger partial charge >= 0.3 is 5.97 Å². The van der Waals surface area contributed by atoms with Crippen molar-refractivity contribution < 1.29 is 14.3 Å². The van der Waals surface area contributed by atoms with E-state index in [2.05, 4.69) is 11.3 Å². The molecule has 88 valence electrons. The Morgan fingerprint density at radius 3 is 2.00 bits per heavy atom. The van der Waals surface area contributed by atoms with Gasteiger partial charge in [0.25, 0.3) is 0 Å². The molecular formula is C13H18O3. The molecular weight excluding hydrogens is 204 g/mol. The predicted octanol–water partition coefficient (Wildman–Crippen LogP) is 2.44. The summed E-state index contributed by atoms with van der Waals surface area (Å²) in [5.74, 6) is -0.403. The van der Waals surface area contributed by atoms with Gasteiger partial charge in [-0.3, -0.25) is 0 Å². The zero-order valence-electron chi connectivity index (χ0n) is 9.59. The Bertz CT molecular complexity index is 243. The number of esters is 1. The zero-order valence-corrected chi connectivity index (χ0v) is 9.59. The third kappa shape index (κ3) is 10.5. The Labute approximate surface area is 96.7 Å². The maximum absolute atomic E-state index is 10.4. The minimum atomic E-state index is -0.403. The van der Waals surface area contributed by atoms with E-state index in [9.17, 15) is 4.79 Å². The molecule has 0 aliphatic heterocycles. The monoisotopic (exact) mass is 222 g/mol. The SMILES string of the molecule is C=CC(=O)OCCOCC.c1ccccc1. The van der Waals surface area contributed by atoms with Crippen molar-refractivity contribution in [3.8, 4) is 0 Å². The third-order valence-electron chi connectivity index (χ3n) is 1.51. The normalized spacial score (nSPS) is 8.56. The average Bonchev–Trinajstić information content (AvgIpc) is 2.37. The molecule has 0 saturated carbocycles. The lowest BCUT2D eigenvalue weighted by Gasteiger charge is -2.00. The summed E-state index contributed by atoms with van der Waals surface area (Å²) >= 11 is 0. The minimum Gasteiger partial charge on any atom is -0.460 e. The van der Waals surface area contributed by atoms with Gasteiger partial charge in [0.2, 0.25) is 0 Å². The highest BCUT2D eigenvalue weighted by Crippen LogP contribution is 1.80. The smallest absolute Gasteiger partial charge is 0.330 e. The quantitative estimate of drug-likeness (QED) is 0.436. The van der Waals surface area contributed by atoms with E-state index in [1.807, 2.05) is 43.3 Å². The predicted molar refractivity (Wildman–Crippen MR) is 64.1 cm³/mol. The Hall–Kier alpha value is -1.61. The molecule has 0 atom stereocenters. The van der Waals surface area contributed by atoms with Crippen LogP contribution in [0.3, 0.4) is 0 Å². The van der Waals surface area contributed by atoms with Gasteiger partial charge in [-0.1, -0.05) is 43.0 Å². The van der Waals surface area contributed by atoms with E-state index >= 15 is 0 Å². The van der Waals surface area contributed by atoms with Crippen molar-refractivity contribution in [1.82, 2.24) is 0 Å². The van der Waals surface area contributed by atoms with Crippen LogP contribution in [0.5, 0.6) is 0 Å². The van der Waals surface area contributed by atoms with E-state index in [1.54, 1.807) is 0 Å². The number of benzene rings is 1. The number of hydrogen-bond donors (Lipinski definition) is 0. The fourth-order valence-electron chi connectivity index (χ4n) is 0.789. The van der Waals surface area contributed by atoms with Gasteiger partial charge in [-0.2, -0.15) is 0 Å². The molecule has 0 aliphatic carbocycles. The summed E-state index contributed by atoms with van der Waals surface area (Å²) in [5.41, 5.74) is 0. The van der Waals surface area contributed by atoms with E-state index in [4.69, 9.17) is 4.74 Å². The van der Waals surface area contributed by atoms with Crippen LogP contribution in [0, 0.1) is 0 Å². The average molecular weight is 222 g/mol. The van der Waals surface area contributed by atoms with Crippen LogP contribution in [0.4, 0.5) is 0 Å². The summed E-state index contributed by atoms with van der Waals surface area (Å²) in [4.78, 5) is 10.4. The third-order valence-corrected chi connectivity index (χ3v) is 1.51. The summed E-state index contributed by atoms with van der Waals surface area (Å²) in [6.45, 7) is 6.53. The number of hydrogen-bond acceptors (Lipinski definition) is 3. The van der Waals surface area contributed by atoms with E-state index in [-0.39, 0.29) is 0 Å². The first-order valence-corrected chi connectivity index (χ1v) is 5.18. The standard InChI is InChI=1S/C7H12O3.C6H6/c1-3-7(8)10-6-5-9-4-2;1-2-4-6-5-3-1/h3H,1,4-6H2,2H3;1-6H. The van der Waals surface area contributed by atoms with Crippen molar-refractivity contribution in [3.63, 3.8) is 0 Å². The number of carbonyl (C=O) groups is 1. The molecule has 0 fully saturated rings. The van der Waals surface area contributed by atoms with Gasteiger partial charge in [0.05, 0.1) is 6.61 Å². The fraction of sp³-hybridized carbons (Fsp3) is 0.308. The Balaban J connectivity index is 0.000000315. The second kappa shape index (κ2) is 11.5. The maximum Gasteiger partial charge on any atom is 0.330 e. The maximum atomic E-state index is 10.4. The topological polar surface area (TPSA) is 35.5 Å². The van der Waals surface area contributed by atoms with Crippen molar-refractivity contribution in [2.75, 3.05) is 19.8 Å². The lowest BCUT2D eigenvalue weighted by molar-refractivity contribution is -0.139. The number of rotatable bonds is 5. The zero-order chi connectivity index (χ0) is 12.1. The summed E-state index contributed by atoms with van der Waals surface area (Å²) in [5, 5.41) is 0. The molecule has 0 unspecified atom stereocenters. The van der Waals surface area contributed by atoms with E-state index in [1.165, 1.54) is 0 Å². The summed E-state index contributed by atoms with van der Waals surface area (Å²) < 4.78 is 9.53. The van der Waals surface area contributed by atoms with Gasteiger partial charge in [-0.15, -0.1) is 0 Å². The first-order chi connectivity index (χ1) is 7.81. The van der Waals surface area contributed by atoms with Crippen LogP contribution in [0.2, 0.25) is 0 Å². The Morgan fingerprint density at radius 1 is 1.12 bits per heavy atom. The molecule has 0 N–H and O–H groups in total. The van der Waals surface area contributed by atoms with Crippen LogP contribution in [0.15, 0.2) is 49.1 Å². The molecule has 16 heavy (non-hydrogen) atoms. The Kier molecular flexibility index (Phi) is 10.3. The van der Waals surface area contributed by atoms with E-state index < -0.39 is 5.97 Å². The molecule has 1 aromatic carbocycles. The number of carbonyl (C=O) groups excluding carboxylic acids is 1. The van der Waals surface area contributed by atoms with Crippen LogP contribution in [-0.2, 0) is 14.3 Å². The molecule has 0 saturated heterocycles. The van der Waals surface area contributed by atoms with Gasteiger partial charge < -0.3 is 9.47 Å². The lowest BCUT2D eigenvalue weighted by atomic mass is 10.4. The first-order valence-electron chi connectivity index (χ1n) is 5.18. The fourth-order valence-corrected chi connectivity index (χ4v) is 0.789. The summed E-state index contributed by atoms with van der Waals surface area (Å²) in [7, 11) is 0. The van der Waals surface area contributed by atoms with E-state index in [0.29, 0.717) is 19.8 Å². The molecule has 0 amide bonds. The van der Waals surface area contributed by atoms with Gasteiger partial charge in [-0.05, 0) is 6.92 Å². The van der Waals surface area contributed by atoms with Crippen molar-refractivity contribution in [2.45, 2.75) is 6.92 Å². The second-order valence-electron chi connectivity index (χ2n) is 2.72. The van der Waals surface area contributed by atoms with Crippen LogP contribution in [0.25, 0.3) is 0 Å². The highest BCUT2D eigenvalue weighted by atomic mass is 16.6. The van der Waals surface area contributed by atoms with Gasteiger partial charge in [0, 0.05) is 12.7 Å². The van der Waals surface area contributed by atoms with Crippen molar-refractivity contribution in [2.24, 2.45) is 0 Å². The molecule has 0 aromatic heterocycles. The van der Waals surface area contributed by atoms with Crippen molar-refractivity contribution in [1.29, 1.82) is 0 Å². The van der Waals surface area contributed by atoms with Crippen LogP contribution >= 0.6 is 0 Å². The molecule has 0 bridgehead atoms. The lowest BCUT2D eigenvalue weighted by Crippen LogP contribution is -2.07. The molecule has 1 rings (SSSR count). The summed E-state index contributed by atoms with van der Waals surface area (Å²) in [6.07, 6.45) is 1.13. The van der Waals surface area contributed by atoms with Crippen molar-refractivity contribution in [3.05, 3.63) is 49.1 Å². The van der Waals surface area contributed by atoms with Crippen molar-refractivity contribution >= 4 is 5.97 Å². The highest BCUT2D eigenvalue weighted by molar-refractivity contribution is 5.81. The molecule has 1 aromatic rings. The summed E-state index contributed by atoms with van der Waals surface area (Å²) in [6, 6.07) is 12.0. The van der Waals surface area contributed by atoms with Gasteiger partial charge in [0.1, 0.15) is 6.61 Å². The first kappa shape index (κ1) is 14.4. The number of ether oxygens (including phenoxy) is 2. The van der Waals surface area contributed by atoms with E-state index in [0.717, 1.165) is 6.08 Å². The molecule has 0 spiro atoms. The largest absolute Gasteiger partial charge is 0.460 e. The molecule has 0 heterocycles. The van der Waals surface area contributed by atoms with Crippen LogP contribution in [-0.4, -0.2) is 25.8 Å². The van der Waals surface area contributed by atoms with Gasteiger partial charge in [-0.25, -0.2) is 4.79 Å². The van der Waals surface area contributed by atoms with Gasteiger partial charge in [0.15, 0.2) is 0 Å².